The molecule has 2 aromatic rings. The second-order valence-corrected chi connectivity index (χ2v) is 7.76. The van der Waals surface area contributed by atoms with Crippen molar-refractivity contribution < 1.29 is 9.53 Å². The second kappa shape index (κ2) is 8.68. The highest BCUT2D eigenvalue weighted by Crippen LogP contribution is 2.29. The molecule has 7 nitrogen and oxygen atoms in total. The Morgan fingerprint density at radius 3 is 2.48 bits per heavy atom. The molecule has 2 fully saturated rings. The fourth-order valence-corrected chi connectivity index (χ4v) is 4.23. The Kier molecular flexibility index (Phi) is 5.83. The molecule has 2 heterocycles. The van der Waals surface area contributed by atoms with E-state index >= 15 is 0 Å². The minimum atomic E-state index is -0.0868. The van der Waals surface area contributed by atoms with Crippen molar-refractivity contribution in [3.8, 4) is 5.75 Å². The summed E-state index contributed by atoms with van der Waals surface area (Å²) in [4.78, 5) is 26.2. The zero-order chi connectivity index (χ0) is 20.2. The van der Waals surface area contributed by atoms with E-state index in [9.17, 15) is 4.79 Å². The average Bonchev–Trinajstić information content (AvgIpc) is 3.26. The number of nitrogens with one attached hydrogen (secondary N) is 1. The number of benzene rings is 1. The van der Waals surface area contributed by atoms with Crippen molar-refractivity contribution in [1.29, 1.82) is 0 Å². The van der Waals surface area contributed by atoms with Crippen LogP contribution in [0, 0.1) is 6.92 Å². The summed E-state index contributed by atoms with van der Waals surface area (Å²) in [6.45, 7) is 5.25. The van der Waals surface area contributed by atoms with Crippen LogP contribution >= 0.6 is 0 Å². The molecule has 29 heavy (non-hydrogen) atoms. The molecule has 154 valence electrons. The third kappa shape index (κ3) is 4.44. The summed E-state index contributed by atoms with van der Waals surface area (Å²) in [6, 6.07) is 10.2. The number of piperazine rings is 1. The van der Waals surface area contributed by atoms with Gasteiger partial charge in [-0.3, -0.25) is 4.79 Å². The number of carbonyl (C=O) groups is 1. The lowest BCUT2D eigenvalue weighted by Gasteiger charge is -2.37. The number of rotatable bonds is 5. The number of para-hydroxylation sites is 2. The molecular weight excluding hydrogens is 366 g/mol. The van der Waals surface area contributed by atoms with Gasteiger partial charge in [0, 0.05) is 38.3 Å². The van der Waals surface area contributed by atoms with Gasteiger partial charge in [0.25, 0.3) is 5.91 Å². The average molecular weight is 396 g/mol. The molecule has 1 aliphatic heterocycles. The maximum atomic E-state index is 12.7. The van der Waals surface area contributed by atoms with Crippen LogP contribution in [0.15, 0.2) is 30.3 Å². The quantitative estimate of drug-likeness (QED) is 0.840. The van der Waals surface area contributed by atoms with Gasteiger partial charge < -0.3 is 19.9 Å². The third-order valence-corrected chi connectivity index (χ3v) is 5.78. The molecule has 1 N–H and O–H groups in total. The minimum absolute atomic E-state index is 0.0868. The van der Waals surface area contributed by atoms with Crippen LogP contribution in [0.4, 0.5) is 11.5 Å². The zero-order valence-electron chi connectivity index (χ0n) is 17.2. The van der Waals surface area contributed by atoms with Crippen LogP contribution < -0.4 is 19.9 Å². The molecule has 4 rings (SSSR count). The van der Waals surface area contributed by atoms with Gasteiger partial charge in [-0.2, -0.15) is 0 Å². The van der Waals surface area contributed by atoms with Gasteiger partial charge >= 0.3 is 0 Å². The highest BCUT2D eigenvalue weighted by molar-refractivity contribution is 5.93. The van der Waals surface area contributed by atoms with Crippen LogP contribution in [-0.2, 0) is 0 Å². The van der Waals surface area contributed by atoms with E-state index in [2.05, 4.69) is 31.2 Å². The molecule has 0 spiro atoms. The van der Waals surface area contributed by atoms with Gasteiger partial charge in [0.15, 0.2) is 0 Å². The van der Waals surface area contributed by atoms with Crippen LogP contribution in [0.1, 0.15) is 42.0 Å². The van der Waals surface area contributed by atoms with Crippen molar-refractivity contribution in [1.82, 2.24) is 15.3 Å². The summed E-state index contributed by atoms with van der Waals surface area (Å²) in [5.74, 6) is 2.26. The van der Waals surface area contributed by atoms with E-state index in [1.807, 2.05) is 31.2 Å². The van der Waals surface area contributed by atoms with Crippen molar-refractivity contribution in [2.24, 2.45) is 0 Å². The van der Waals surface area contributed by atoms with Crippen molar-refractivity contribution in [3.05, 3.63) is 41.9 Å². The molecule has 1 amide bonds. The zero-order valence-corrected chi connectivity index (χ0v) is 17.2. The summed E-state index contributed by atoms with van der Waals surface area (Å²) in [5, 5.41) is 3.12. The molecule has 0 bridgehead atoms. The van der Waals surface area contributed by atoms with Crippen molar-refractivity contribution >= 4 is 17.4 Å². The molecule has 1 saturated carbocycles. The monoisotopic (exact) mass is 395 g/mol. The molecule has 0 radical (unpaired) electrons. The maximum absolute atomic E-state index is 12.7. The summed E-state index contributed by atoms with van der Waals surface area (Å²) in [7, 11) is 1.71. The summed E-state index contributed by atoms with van der Waals surface area (Å²) < 4.78 is 5.50. The lowest BCUT2D eigenvalue weighted by Crippen LogP contribution is -2.47. The standard InChI is InChI=1S/C22H29N5O2/c1-16-23-18(22(28)25-17-7-3-4-8-17)15-21(24-16)27-13-11-26(12-14-27)19-9-5-6-10-20(19)29-2/h5-6,9-10,15,17H,3-4,7-8,11-14H2,1-2H3,(H,25,28). The number of hydrogen-bond acceptors (Lipinski definition) is 6. The van der Waals surface area contributed by atoms with E-state index in [1.165, 1.54) is 12.8 Å². The molecule has 1 aromatic carbocycles. The van der Waals surface area contributed by atoms with Gasteiger partial charge in [-0.15, -0.1) is 0 Å². The van der Waals surface area contributed by atoms with Crippen molar-refractivity contribution in [2.45, 2.75) is 38.6 Å². The fraction of sp³-hybridized carbons (Fsp3) is 0.500. The molecule has 0 unspecified atom stereocenters. The van der Waals surface area contributed by atoms with E-state index in [0.717, 1.165) is 56.3 Å². The molecule has 0 atom stereocenters. The predicted octanol–water partition coefficient (Wildman–Crippen LogP) is 2.79. The largest absolute Gasteiger partial charge is 0.495 e. The van der Waals surface area contributed by atoms with Gasteiger partial charge in [-0.1, -0.05) is 25.0 Å². The Balaban J connectivity index is 1.44. The van der Waals surface area contributed by atoms with Gasteiger partial charge in [0.2, 0.25) is 0 Å². The first-order chi connectivity index (χ1) is 14.1. The number of nitrogens with zero attached hydrogens (tertiary/aromatic N) is 4. The van der Waals surface area contributed by atoms with E-state index in [-0.39, 0.29) is 11.9 Å². The normalized spacial score (nSPS) is 17.4. The Labute approximate surface area is 172 Å². The number of carbonyl (C=O) groups excluding carboxylic acids is 1. The van der Waals surface area contributed by atoms with E-state index < -0.39 is 0 Å². The van der Waals surface area contributed by atoms with Gasteiger partial charge in [0.05, 0.1) is 12.8 Å². The molecular formula is C22H29N5O2. The first kappa shape index (κ1) is 19.5. The number of anilines is 2. The number of hydrogen-bond donors (Lipinski definition) is 1. The van der Waals surface area contributed by atoms with Crippen LogP contribution in [0.5, 0.6) is 5.75 Å². The topological polar surface area (TPSA) is 70.6 Å². The SMILES string of the molecule is COc1ccccc1N1CCN(c2cc(C(=O)NC3CCCC3)nc(C)n2)CC1. The number of ether oxygens (including phenoxy) is 1. The van der Waals surface area contributed by atoms with E-state index in [4.69, 9.17) is 4.74 Å². The van der Waals surface area contributed by atoms with E-state index in [0.29, 0.717) is 11.5 Å². The number of aryl methyl sites for hydroxylation is 1. The van der Waals surface area contributed by atoms with Gasteiger partial charge in [0.1, 0.15) is 23.1 Å². The Hall–Kier alpha value is -2.83. The van der Waals surface area contributed by atoms with Crippen LogP contribution in [0.25, 0.3) is 0 Å². The lowest BCUT2D eigenvalue weighted by molar-refractivity contribution is 0.0932. The lowest BCUT2D eigenvalue weighted by atomic mass is 10.2. The predicted molar refractivity (Wildman–Crippen MR) is 114 cm³/mol. The fourth-order valence-electron chi connectivity index (χ4n) is 4.23. The highest BCUT2D eigenvalue weighted by atomic mass is 16.5. The van der Waals surface area contributed by atoms with Crippen molar-refractivity contribution in [3.63, 3.8) is 0 Å². The molecule has 1 aliphatic carbocycles. The highest BCUT2D eigenvalue weighted by Gasteiger charge is 2.23. The Bertz CT molecular complexity index is 858. The second-order valence-electron chi connectivity index (χ2n) is 7.76. The summed E-state index contributed by atoms with van der Waals surface area (Å²) in [5.41, 5.74) is 1.58. The van der Waals surface area contributed by atoms with Crippen LogP contribution in [0.3, 0.4) is 0 Å². The summed E-state index contributed by atoms with van der Waals surface area (Å²) >= 11 is 0. The summed E-state index contributed by atoms with van der Waals surface area (Å²) in [6.07, 6.45) is 4.51. The van der Waals surface area contributed by atoms with Crippen LogP contribution in [0.2, 0.25) is 0 Å². The van der Waals surface area contributed by atoms with Gasteiger partial charge in [-0.25, -0.2) is 9.97 Å². The molecule has 1 aromatic heterocycles. The number of aromatic nitrogens is 2. The Morgan fingerprint density at radius 1 is 1.07 bits per heavy atom. The van der Waals surface area contributed by atoms with Crippen LogP contribution in [-0.4, -0.2) is 55.2 Å². The third-order valence-electron chi connectivity index (χ3n) is 5.78. The minimum Gasteiger partial charge on any atom is -0.495 e. The molecule has 1 saturated heterocycles. The van der Waals surface area contributed by atoms with E-state index in [1.54, 1.807) is 7.11 Å². The van der Waals surface area contributed by atoms with Gasteiger partial charge in [-0.05, 0) is 31.9 Å². The number of amides is 1. The number of methoxy groups -OCH3 is 1. The molecule has 7 heteroatoms. The smallest absolute Gasteiger partial charge is 0.270 e. The first-order valence-electron chi connectivity index (χ1n) is 10.4. The maximum Gasteiger partial charge on any atom is 0.270 e. The van der Waals surface area contributed by atoms with Crippen molar-refractivity contribution in [2.75, 3.05) is 43.1 Å². The molecule has 2 aliphatic rings. The Morgan fingerprint density at radius 2 is 1.76 bits per heavy atom. The first-order valence-corrected chi connectivity index (χ1v) is 10.4.